The Morgan fingerprint density at radius 1 is 0.848 bits per heavy atom. The highest BCUT2D eigenvalue weighted by molar-refractivity contribution is 5.96. The van der Waals surface area contributed by atoms with Crippen LogP contribution in [0.5, 0.6) is 0 Å². The van der Waals surface area contributed by atoms with Gasteiger partial charge in [-0.05, 0) is 45.2 Å². The summed E-state index contributed by atoms with van der Waals surface area (Å²) in [5, 5.41) is 20.3. The third-order valence-electron chi connectivity index (χ3n) is 6.56. The van der Waals surface area contributed by atoms with E-state index in [9.17, 15) is 19.8 Å². The Bertz CT molecular complexity index is 1230. The highest BCUT2D eigenvalue weighted by Crippen LogP contribution is 2.59. The fourth-order valence-electron chi connectivity index (χ4n) is 5.47. The van der Waals surface area contributed by atoms with Crippen LogP contribution in [-0.4, -0.2) is 27.7 Å². The standard InChI is InChI=1S/C28H29NO4/c1-26(2,3)16-18-10-9-15-22-24(18)20-13-7-8-14-21(20)28(22,19-11-5-4-6-12-19)27(29,25(32)33)17-23(30)31/h4-15H,16-17,29H2,1-3H3,(H,30,31)(H,32,33)/t27-,28?/m0/s1. The lowest BCUT2D eigenvalue weighted by atomic mass is 9.58. The van der Waals surface area contributed by atoms with Crippen molar-refractivity contribution in [1.82, 2.24) is 0 Å². The van der Waals surface area contributed by atoms with Crippen molar-refractivity contribution in [1.29, 1.82) is 0 Å². The van der Waals surface area contributed by atoms with Gasteiger partial charge in [0.15, 0.2) is 0 Å². The second-order valence-corrected chi connectivity index (χ2v) is 10.1. The van der Waals surface area contributed by atoms with Gasteiger partial charge in [-0.1, -0.05) is 93.6 Å². The van der Waals surface area contributed by atoms with Gasteiger partial charge in [0.1, 0.15) is 5.54 Å². The first kappa shape index (κ1) is 22.7. The number of benzene rings is 3. The molecule has 1 aliphatic carbocycles. The van der Waals surface area contributed by atoms with Crippen molar-refractivity contribution in [2.24, 2.45) is 11.1 Å². The maximum absolute atomic E-state index is 12.9. The topological polar surface area (TPSA) is 101 Å². The summed E-state index contributed by atoms with van der Waals surface area (Å²) in [5.74, 6) is -2.61. The van der Waals surface area contributed by atoms with E-state index in [2.05, 4.69) is 26.8 Å². The van der Waals surface area contributed by atoms with Crippen LogP contribution < -0.4 is 5.73 Å². The lowest BCUT2D eigenvalue weighted by molar-refractivity contribution is -0.151. The molecule has 5 nitrogen and oxygen atoms in total. The van der Waals surface area contributed by atoms with E-state index in [0.717, 1.165) is 34.2 Å². The number of hydrogen-bond donors (Lipinski definition) is 3. The molecule has 1 aliphatic rings. The molecule has 33 heavy (non-hydrogen) atoms. The van der Waals surface area contributed by atoms with E-state index in [4.69, 9.17) is 5.73 Å². The number of hydrogen-bond acceptors (Lipinski definition) is 3. The Morgan fingerprint density at radius 3 is 2.06 bits per heavy atom. The van der Waals surface area contributed by atoms with Gasteiger partial charge >= 0.3 is 11.9 Å². The molecule has 3 aromatic carbocycles. The van der Waals surface area contributed by atoms with Crippen molar-refractivity contribution in [3.63, 3.8) is 0 Å². The number of carbonyl (C=O) groups is 2. The molecule has 170 valence electrons. The molecule has 0 heterocycles. The first-order valence-corrected chi connectivity index (χ1v) is 11.0. The van der Waals surface area contributed by atoms with Crippen LogP contribution in [0.2, 0.25) is 0 Å². The van der Waals surface area contributed by atoms with E-state index in [1.54, 1.807) is 0 Å². The molecule has 0 fully saturated rings. The zero-order valence-electron chi connectivity index (χ0n) is 19.1. The summed E-state index contributed by atoms with van der Waals surface area (Å²) in [6, 6.07) is 22.7. The predicted molar refractivity (Wildman–Crippen MR) is 128 cm³/mol. The maximum atomic E-state index is 12.9. The molecule has 5 heteroatoms. The summed E-state index contributed by atoms with van der Waals surface area (Å²) in [5.41, 5.74) is 8.30. The molecule has 0 bridgehead atoms. The lowest BCUT2D eigenvalue weighted by Crippen LogP contribution is -2.64. The van der Waals surface area contributed by atoms with E-state index in [1.165, 1.54) is 0 Å². The average Bonchev–Trinajstić information content (AvgIpc) is 3.05. The quantitative estimate of drug-likeness (QED) is 0.506. The predicted octanol–water partition coefficient (Wildman–Crippen LogP) is 4.85. The van der Waals surface area contributed by atoms with Gasteiger partial charge in [-0.2, -0.15) is 0 Å². The molecule has 0 amide bonds. The van der Waals surface area contributed by atoms with Crippen molar-refractivity contribution in [2.45, 2.75) is 44.6 Å². The van der Waals surface area contributed by atoms with Crippen molar-refractivity contribution in [3.8, 4) is 11.1 Å². The molecule has 0 aliphatic heterocycles. The van der Waals surface area contributed by atoms with E-state index in [-0.39, 0.29) is 5.41 Å². The van der Waals surface area contributed by atoms with E-state index < -0.39 is 29.3 Å². The largest absolute Gasteiger partial charge is 0.481 e. The van der Waals surface area contributed by atoms with Gasteiger partial charge in [0.25, 0.3) is 0 Å². The van der Waals surface area contributed by atoms with Crippen LogP contribution >= 0.6 is 0 Å². The molecule has 2 atom stereocenters. The minimum atomic E-state index is -2.12. The molecule has 3 aromatic rings. The van der Waals surface area contributed by atoms with Crippen LogP contribution in [0.3, 0.4) is 0 Å². The summed E-state index contributed by atoms with van der Waals surface area (Å²) in [4.78, 5) is 24.9. The maximum Gasteiger partial charge on any atom is 0.325 e. The van der Waals surface area contributed by atoms with Crippen molar-refractivity contribution in [3.05, 3.63) is 95.1 Å². The Balaban J connectivity index is 2.20. The average molecular weight is 444 g/mol. The summed E-state index contributed by atoms with van der Waals surface area (Å²) in [6.07, 6.45) is 0.0491. The van der Waals surface area contributed by atoms with Gasteiger partial charge < -0.3 is 15.9 Å². The summed E-state index contributed by atoms with van der Waals surface area (Å²) in [7, 11) is 0. The Labute approximate surface area is 193 Å². The number of rotatable bonds is 6. The van der Waals surface area contributed by atoms with Crippen molar-refractivity contribution in [2.75, 3.05) is 0 Å². The van der Waals surface area contributed by atoms with Gasteiger partial charge in [0, 0.05) is 0 Å². The zero-order valence-corrected chi connectivity index (χ0v) is 19.1. The highest BCUT2D eigenvalue weighted by atomic mass is 16.4. The normalized spacial score (nSPS) is 18.8. The monoisotopic (exact) mass is 443 g/mol. The third-order valence-corrected chi connectivity index (χ3v) is 6.56. The lowest BCUT2D eigenvalue weighted by Gasteiger charge is -2.44. The first-order valence-electron chi connectivity index (χ1n) is 11.0. The molecule has 4 rings (SSSR count). The SMILES string of the molecule is CC(C)(C)Cc1cccc2c1-c1ccccc1C2(c1ccccc1)[C@](N)(CC(=O)O)C(=O)O. The third kappa shape index (κ3) is 3.44. The molecule has 4 N–H and O–H groups in total. The molecule has 0 aromatic heterocycles. The molecule has 0 saturated heterocycles. The van der Waals surface area contributed by atoms with Gasteiger partial charge in [-0.25, -0.2) is 0 Å². The van der Waals surface area contributed by atoms with Crippen LogP contribution in [0.4, 0.5) is 0 Å². The van der Waals surface area contributed by atoms with Crippen LogP contribution in [0.15, 0.2) is 72.8 Å². The van der Waals surface area contributed by atoms with Crippen molar-refractivity contribution < 1.29 is 19.8 Å². The molecule has 0 spiro atoms. The van der Waals surface area contributed by atoms with Gasteiger partial charge in [-0.15, -0.1) is 0 Å². The van der Waals surface area contributed by atoms with Gasteiger partial charge in [-0.3, -0.25) is 9.59 Å². The molecule has 0 radical (unpaired) electrons. The zero-order chi connectivity index (χ0) is 24.0. The second kappa shape index (κ2) is 7.85. The minimum Gasteiger partial charge on any atom is -0.481 e. The second-order valence-electron chi connectivity index (χ2n) is 10.1. The Kier molecular flexibility index (Phi) is 5.41. The smallest absolute Gasteiger partial charge is 0.325 e. The van der Waals surface area contributed by atoms with E-state index in [0.29, 0.717) is 5.56 Å². The van der Waals surface area contributed by atoms with Crippen LogP contribution in [-0.2, 0) is 21.4 Å². The first-order chi connectivity index (χ1) is 15.5. The van der Waals surface area contributed by atoms with Gasteiger partial charge in [0.2, 0.25) is 0 Å². The fourth-order valence-corrected chi connectivity index (χ4v) is 5.47. The van der Waals surface area contributed by atoms with E-state index >= 15 is 0 Å². The number of nitrogens with two attached hydrogens (primary N) is 1. The number of fused-ring (bicyclic) bond motifs is 3. The van der Waals surface area contributed by atoms with Gasteiger partial charge in [0.05, 0.1) is 11.8 Å². The van der Waals surface area contributed by atoms with Crippen LogP contribution in [0.25, 0.3) is 11.1 Å². The molecule has 1 unspecified atom stereocenters. The fraction of sp³-hybridized carbons (Fsp3) is 0.286. The van der Waals surface area contributed by atoms with Crippen molar-refractivity contribution >= 4 is 11.9 Å². The van der Waals surface area contributed by atoms with Crippen LogP contribution in [0.1, 0.15) is 49.4 Å². The molecule has 0 saturated carbocycles. The number of aliphatic carboxylic acids is 2. The summed E-state index contributed by atoms with van der Waals surface area (Å²) < 4.78 is 0. The van der Waals surface area contributed by atoms with Crippen LogP contribution in [0, 0.1) is 5.41 Å². The molecular formula is C28H29NO4. The number of carboxylic acid groups (broad SMARTS) is 2. The number of carboxylic acids is 2. The minimum absolute atomic E-state index is 0.00424. The summed E-state index contributed by atoms with van der Waals surface area (Å²) in [6.45, 7) is 6.48. The summed E-state index contributed by atoms with van der Waals surface area (Å²) >= 11 is 0. The molecular weight excluding hydrogens is 414 g/mol. The highest BCUT2D eigenvalue weighted by Gasteiger charge is 2.62. The Hall–Kier alpha value is -3.44. The Morgan fingerprint density at radius 2 is 1.45 bits per heavy atom. The van der Waals surface area contributed by atoms with E-state index in [1.807, 2.05) is 66.7 Å².